The number of hydrogen-bond acceptors (Lipinski definition) is 4. The molecule has 8 heteroatoms. The van der Waals surface area contributed by atoms with Crippen molar-refractivity contribution in [3.8, 4) is 0 Å². The van der Waals surface area contributed by atoms with Crippen molar-refractivity contribution in [1.82, 2.24) is 15.5 Å². The van der Waals surface area contributed by atoms with E-state index in [0.29, 0.717) is 49.7 Å². The number of nitrogens with zero attached hydrogens (tertiary/aromatic N) is 1. The van der Waals surface area contributed by atoms with Crippen LogP contribution in [0.4, 0.5) is 0 Å². The van der Waals surface area contributed by atoms with Gasteiger partial charge in [0.1, 0.15) is 6.04 Å². The second-order valence-corrected chi connectivity index (χ2v) is 8.12. The van der Waals surface area contributed by atoms with E-state index in [1.54, 1.807) is 36.3 Å². The number of nitrogens with one attached hydrogen (secondary N) is 2. The summed E-state index contributed by atoms with van der Waals surface area (Å²) in [4.78, 5) is 39.5. The van der Waals surface area contributed by atoms with Gasteiger partial charge in [0, 0.05) is 43.2 Å². The molecule has 0 radical (unpaired) electrons. The predicted octanol–water partition coefficient (Wildman–Crippen LogP) is 1.85. The summed E-state index contributed by atoms with van der Waals surface area (Å²) in [6, 6.07) is 6.27. The first-order valence-electron chi connectivity index (χ1n) is 10.1. The molecule has 2 aliphatic rings. The molecule has 7 nitrogen and oxygen atoms in total. The van der Waals surface area contributed by atoms with Crippen LogP contribution in [0.5, 0.6) is 0 Å². The van der Waals surface area contributed by atoms with Gasteiger partial charge < -0.3 is 20.3 Å². The molecule has 1 aliphatic carbocycles. The van der Waals surface area contributed by atoms with E-state index in [-0.39, 0.29) is 29.6 Å². The fourth-order valence-corrected chi connectivity index (χ4v) is 3.74. The third-order valence-electron chi connectivity index (χ3n) is 5.52. The van der Waals surface area contributed by atoms with Gasteiger partial charge in [0.15, 0.2) is 0 Å². The van der Waals surface area contributed by atoms with Crippen LogP contribution in [0, 0.1) is 11.8 Å². The Morgan fingerprint density at radius 1 is 1.14 bits per heavy atom. The van der Waals surface area contributed by atoms with Crippen LogP contribution >= 0.6 is 11.6 Å². The largest absolute Gasteiger partial charge is 0.383 e. The van der Waals surface area contributed by atoms with E-state index in [1.807, 2.05) is 0 Å². The number of likely N-dealkylation sites (tertiary alicyclic amines) is 1. The average Bonchev–Trinajstić information content (AvgIpc) is 3.58. The third kappa shape index (κ3) is 5.93. The van der Waals surface area contributed by atoms with Gasteiger partial charge in [-0.1, -0.05) is 11.6 Å². The molecule has 3 amide bonds. The van der Waals surface area contributed by atoms with Crippen LogP contribution in [0.1, 0.15) is 36.0 Å². The van der Waals surface area contributed by atoms with Crippen LogP contribution in [0.25, 0.3) is 0 Å². The molecular weight excluding hydrogens is 394 g/mol. The lowest BCUT2D eigenvalue weighted by Crippen LogP contribution is -2.54. The predicted molar refractivity (Wildman–Crippen MR) is 110 cm³/mol. The Hall–Kier alpha value is -2.12. The number of methoxy groups -OCH3 is 1. The topological polar surface area (TPSA) is 87.7 Å². The van der Waals surface area contributed by atoms with Crippen LogP contribution in [0.2, 0.25) is 5.02 Å². The number of piperidine rings is 1. The highest BCUT2D eigenvalue weighted by atomic mass is 35.5. The Morgan fingerprint density at radius 3 is 2.38 bits per heavy atom. The van der Waals surface area contributed by atoms with Gasteiger partial charge in [-0.2, -0.15) is 0 Å². The summed E-state index contributed by atoms with van der Waals surface area (Å²) in [5.74, 6) is -0.233. The number of amides is 3. The molecule has 0 aromatic heterocycles. The molecule has 1 aromatic carbocycles. The first kappa shape index (κ1) is 21.6. The summed E-state index contributed by atoms with van der Waals surface area (Å²) in [6.07, 6.45) is 3.09. The highest BCUT2D eigenvalue weighted by Crippen LogP contribution is 2.30. The molecule has 1 aliphatic heterocycles. The van der Waals surface area contributed by atoms with E-state index in [1.165, 1.54) is 0 Å². The van der Waals surface area contributed by atoms with Crippen molar-refractivity contribution in [3.05, 3.63) is 34.9 Å². The van der Waals surface area contributed by atoms with Crippen molar-refractivity contribution in [2.24, 2.45) is 11.8 Å². The van der Waals surface area contributed by atoms with E-state index in [0.717, 1.165) is 12.8 Å². The first-order valence-corrected chi connectivity index (χ1v) is 10.5. The second-order valence-electron chi connectivity index (χ2n) is 7.68. The Morgan fingerprint density at radius 2 is 1.79 bits per heavy atom. The molecule has 1 unspecified atom stereocenters. The number of carbonyl (C=O) groups excluding carboxylic acids is 3. The lowest BCUT2D eigenvalue weighted by molar-refractivity contribution is -0.131. The molecule has 29 heavy (non-hydrogen) atoms. The molecule has 1 saturated heterocycles. The number of ether oxygens (including phenoxy) is 1. The zero-order chi connectivity index (χ0) is 20.8. The second kappa shape index (κ2) is 10.1. The Kier molecular flexibility index (Phi) is 7.50. The molecule has 1 atom stereocenters. The van der Waals surface area contributed by atoms with Gasteiger partial charge in [0.25, 0.3) is 5.91 Å². The van der Waals surface area contributed by atoms with Crippen molar-refractivity contribution in [1.29, 1.82) is 0 Å². The minimum atomic E-state index is -0.576. The van der Waals surface area contributed by atoms with Crippen molar-refractivity contribution in [2.45, 2.75) is 31.7 Å². The molecule has 2 N–H and O–H groups in total. The van der Waals surface area contributed by atoms with Crippen molar-refractivity contribution >= 4 is 29.3 Å². The summed E-state index contributed by atoms with van der Waals surface area (Å²) in [5, 5.41) is 6.38. The molecule has 1 saturated carbocycles. The van der Waals surface area contributed by atoms with Gasteiger partial charge >= 0.3 is 0 Å². The number of hydrogen-bond donors (Lipinski definition) is 2. The van der Waals surface area contributed by atoms with Crippen LogP contribution in [0.3, 0.4) is 0 Å². The quantitative estimate of drug-likeness (QED) is 0.627. The van der Waals surface area contributed by atoms with Gasteiger partial charge in [0.05, 0.1) is 6.61 Å². The van der Waals surface area contributed by atoms with Gasteiger partial charge in [-0.15, -0.1) is 0 Å². The normalized spacial score (nSPS) is 18.2. The maximum Gasteiger partial charge on any atom is 0.253 e. The molecule has 1 heterocycles. The van der Waals surface area contributed by atoms with E-state index in [9.17, 15) is 14.4 Å². The van der Waals surface area contributed by atoms with Crippen molar-refractivity contribution < 1.29 is 19.1 Å². The standard InChI is InChI=1S/C21H28ClN3O4/c1-29-13-10-23-20(27)18(24-19(26)15-2-3-15)14-8-11-25(12-9-14)21(28)16-4-6-17(22)7-5-16/h4-7,14-15,18H,2-3,8-13H2,1H3,(H,23,27)(H,24,26). The maximum atomic E-state index is 12.7. The summed E-state index contributed by atoms with van der Waals surface area (Å²) in [7, 11) is 1.58. The van der Waals surface area contributed by atoms with Crippen LogP contribution in [0.15, 0.2) is 24.3 Å². The van der Waals surface area contributed by atoms with Crippen molar-refractivity contribution in [3.63, 3.8) is 0 Å². The molecular formula is C21H28ClN3O4. The lowest BCUT2D eigenvalue weighted by Gasteiger charge is -2.36. The Balaban J connectivity index is 1.59. The zero-order valence-corrected chi connectivity index (χ0v) is 17.4. The molecule has 1 aromatic rings. The Labute approximate surface area is 176 Å². The highest BCUT2D eigenvalue weighted by molar-refractivity contribution is 6.30. The van der Waals surface area contributed by atoms with Gasteiger partial charge in [0.2, 0.25) is 11.8 Å². The van der Waals surface area contributed by atoms with E-state index in [4.69, 9.17) is 16.3 Å². The molecule has 0 bridgehead atoms. The summed E-state index contributed by atoms with van der Waals surface area (Å²) in [6.45, 7) is 1.92. The summed E-state index contributed by atoms with van der Waals surface area (Å²) in [5.41, 5.74) is 0.601. The monoisotopic (exact) mass is 421 g/mol. The fraction of sp³-hybridized carbons (Fsp3) is 0.571. The number of rotatable bonds is 8. The van der Waals surface area contributed by atoms with E-state index < -0.39 is 6.04 Å². The Bertz CT molecular complexity index is 728. The number of halogens is 1. The maximum absolute atomic E-state index is 12.7. The highest BCUT2D eigenvalue weighted by Gasteiger charge is 2.37. The smallest absolute Gasteiger partial charge is 0.253 e. The van der Waals surface area contributed by atoms with Crippen LogP contribution < -0.4 is 10.6 Å². The number of carbonyl (C=O) groups is 3. The molecule has 158 valence electrons. The van der Waals surface area contributed by atoms with Crippen LogP contribution in [-0.2, 0) is 14.3 Å². The molecule has 3 rings (SSSR count). The SMILES string of the molecule is COCCNC(=O)C(NC(=O)C1CC1)C1CCN(C(=O)c2ccc(Cl)cc2)CC1. The summed E-state index contributed by atoms with van der Waals surface area (Å²) < 4.78 is 4.98. The fourth-order valence-electron chi connectivity index (χ4n) is 3.61. The molecule has 0 spiro atoms. The lowest BCUT2D eigenvalue weighted by atomic mass is 9.88. The van der Waals surface area contributed by atoms with Crippen molar-refractivity contribution in [2.75, 3.05) is 33.4 Å². The average molecular weight is 422 g/mol. The van der Waals surface area contributed by atoms with Gasteiger partial charge in [-0.25, -0.2) is 0 Å². The van der Waals surface area contributed by atoms with E-state index >= 15 is 0 Å². The van der Waals surface area contributed by atoms with E-state index in [2.05, 4.69) is 10.6 Å². The molecule has 2 fully saturated rings. The minimum Gasteiger partial charge on any atom is -0.383 e. The van der Waals surface area contributed by atoms with Gasteiger partial charge in [-0.3, -0.25) is 14.4 Å². The third-order valence-corrected chi connectivity index (χ3v) is 5.78. The number of benzene rings is 1. The minimum absolute atomic E-state index is 0.00508. The zero-order valence-electron chi connectivity index (χ0n) is 16.7. The first-order chi connectivity index (χ1) is 14.0. The van der Waals surface area contributed by atoms with Gasteiger partial charge in [-0.05, 0) is 55.9 Å². The summed E-state index contributed by atoms with van der Waals surface area (Å²) >= 11 is 5.89. The van der Waals surface area contributed by atoms with Crippen LogP contribution in [-0.4, -0.2) is 62.0 Å².